The summed E-state index contributed by atoms with van der Waals surface area (Å²) in [7, 11) is 0. The molecule has 24 heavy (non-hydrogen) atoms. The van der Waals surface area contributed by atoms with E-state index in [-0.39, 0.29) is 29.9 Å². The van der Waals surface area contributed by atoms with Crippen LogP contribution in [-0.4, -0.2) is 42.5 Å². The summed E-state index contributed by atoms with van der Waals surface area (Å²) in [6.07, 6.45) is 1.29. The minimum atomic E-state index is -0.255. The van der Waals surface area contributed by atoms with Gasteiger partial charge in [0.15, 0.2) is 0 Å². The van der Waals surface area contributed by atoms with Crippen molar-refractivity contribution in [3.8, 4) is 0 Å². The maximum Gasteiger partial charge on any atom is 0.225 e. The Morgan fingerprint density at radius 3 is 2.67 bits per heavy atom. The van der Waals surface area contributed by atoms with Gasteiger partial charge in [0.1, 0.15) is 0 Å². The van der Waals surface area contributed by atoms with Crippen molar-refractivity contribution in [2.75, 3.05) is 19.7 Å². The highest BCUT2D eigenvalue weighted by molar-refractivity contribution is 5.89. The number of amides is 2. The van der Waals surface area contributed by atoms with Crippen LogP contribution in [-0.2, 0) is 14.3 Å². The van der Waals surface area contributed by atoms with Gasteiger partial charge in [0.05, 0.1) is 18.1 Å². The zero-order valence-electron chi connectivity index (χ0n) is 14.8. The summed E-state index contributed by atoms with van der Waals surface area (Å²) in [4.78, 5) is 26.3. The molecule has 0 spiro atoms. The zero-order chi connectivity index (χ0) is 17.5. The molecule has 2 amide bonds. The van der Waals surface area contributed by atoms with E-state index in [1.807, 2.05) is 51.1 Å². The Bertz CT molecular complexity index is 545. The molecule has 1 heterocycles. The van der Waals surface area contributed by atoms with Gasteiger partial charge in [0.2, 0.25) is 11.8 Å². The minimum absolute atomic E-state index is 0.00376. The molecule has 1 aromatic rings. The smallest absolute Gasteiger partial charge is 0.225 e. The fraction of sp³-hybridized carbons (Fsp3) is 0.579. The second-order valence-electron chi connectivity index (χ2n) is 6.60. The van der Waals surface area contributed by atoms with Crippen molar-refractivity contribution in [2.24, 2.45) is 5.92 Å². The molecule has 1 saturated heterocycles. The zero-order valence-corrected chi connectivity index (χ0v) is 14.8. The third kappa shape index (κ3) is 5.06. The van der Waals surface area contributed by atoms with E-state index in [1.54, 1.807) is 4.90 Å². The third-order valence-corrected chi connectivity index (χ3v) is 4.35. The van der Waals surface area contributed by atoms with Gasteiger partial charge in [0, 0.05) is 26.1 Å². The van der Waals surface area contributed by atoms with Crippen LogP contribution in [0.25, 0.3) is 0 Å². The lowest BCUT2D eigenvalue weighted by Crippen LogP contribution is -2.34. The summed E-state index contributed by atoms with van der Waals surface area (Å²) in [6.45, 7) is 7.71. The van der Waals surface area contributed by atoms with Gasteiger partial charge in [-0.25, -0.2) is 0 Å². The predicted octanol–water partition coefficient (Wildman–Crippen LogP) is 2.53. The van der Waals surface area contributed by atoms with Gasteiger partial charge in [-0.1, -0.05) is 30.3 Å². The van der Waals surface area contributed by atoms with Gasteiger partial charge in [-0.15, -0.1) is 0 Å². The Balaban J connectivity index is 1.80. The highest BCUT2D eigenvalue weighted by Crippen LogP contribution is 2.28. The Kier molecular flexibility index (Phi) is 6.79. The Morgan fingerprint density at radius 1 is 1.29 bits per heavy atom. The summed E-state index contributed by atoms with van der Waals surface area (Å²) in [5.74, 6) is -0.236. The average Bonchev–Trinajstić information content (AvgIpc) is 2.96. The van der Waals surface area contributed by atoms with E-state index < -0.39 is 0 Å². The molecule has 5 heteroatoms. The number of benzene rings is 1. The van der Waals surface area contributed by atoms with Crippen LogP contribution in [0.15, 0.2) is 30.3 Å². The lowest BCUT2D eigenvalue weighted by molar-refractivity contribution is -0.130. The lowest BCUT2D eigenvalue weighted by Gasteiger charge is -2.25. The van der Waals surface area contributed by atoms with Crippen molar-refractivity contribution in [3.05, 3.63) is 35.9 Å². The van der Waals surface area contributed by atoms with E-state index >= 15 is 0 Å². The Morgan fingerprint density at radius 2 is 2.00 bits per heavy atom. The van der Waals surface area contributed by atoms with Crippen LogP contribution in [0, 0.1) is 5.92 Å². The van der Waals surface area contributed by atoms with Crippen LogP contribution in [0.4, 0.5) is 0 Å². The van der Waals surface area contributed by atoms with Crippen LogP contribution < -0.4 is 5.32 Å². The highest BCUT2D eigenvalue weighted by Gasteiger charge is 2.36. The number of nitrogens with one attached hydrogen (secondary N) is 1. The number of carbonyl (C=O) groups is 2. The van der Waals surface area contributed by atoms with Gasteiger partial charge in [-0.05, 0) is 32.8 Å². The van der Waals surface area contributed by atoms with Crippen molar-refractivity contribution in [2.45, 2.75) is 45.8 Å². The van der Waals surface area contributed by atoms with Gasteiger partial charge >= 0.3 is 0 Å². The molecule has 132 valence electrons. The van der Waals surface area contributed by atoms with Crippen LogP contribution >= 0.6 is 0 Å². The fourth-order valence-corrected chi connectivity index (χ4v) is 2.94. The summed E-state index contributed by atoms with van der Waals surface area (Å²) in [6, 6.07) is 9.92. The predicted molar refractivity (Wildman–Crippen MR) is 93.4 cm³/mol. The molecule has 2 rings (SSSR count). The molecular formula is C19H28N2O3. The fourth-order valence-electron chi connectivity index (χ4n) is 2.94. The van der Waals surface area contributed by atoms with E-state index in [9.17, 15) is 9.59 Å². The summed E-state index contributed by atoms with van der Waals surface area (Å²) < 4.78 is 5.45. The summed E-state index contributed by atoms with van der Waals surface area (Å²) in [5.41, 5.74) is 1.10. The van der Waals surface area contributed by atoms with Crippen molar-refractivity contribution in [1.82, 2.24) is 10.2 Å². The topological polar surface area (TPSA) is 58.6 Å². The van der Waals surface area contributed by atoms with Crippen LogP contribution in [0.1, 0.15) is 45.2 Å². The van der Waals surface area contributed by atoms with Gasteiger partial charge in [-0.3, -0.25) is 9.59 Å². The number of nitrogens with zero attached hydrogens (tertiary/aromatic N) is 1. The molecule has 5 nitrogen and oxygen atoms in total. The number of hydrogen-bond acceptors (Lipinski definition) is 3. The molecule has 1 aromatic carbocycles. The van der Waals surface area contributed by atoms with Crippen LogP contribution in [0.2, 0.25) is 0 Å². The molecule has 0 radical (unpaired) electrons. The first kappa shape index (κ1) is 18.5. The van der Waals surface area contributed by atoms with Gasteiger partial charge in [0.25, 0.3) is 0 Å². The van der Waals surface area contributed by atoms with Crippen molar-refractivity contribution >= 4 is 11.8 Å². The molecule has 0 bridgehead atoms. The largest absolute Gasteiger partial charge is 0.379 e. The SMILES string of the molecule is CC(C)OCCCNC(=O)C1CC(=O)N(C(C)c2ccccc2)C1. The molecular weight excluding hydrogens is 304 g/mol. The average molecular weight is 332 g/mol. The lowest BCUT2D eigenvalue weighted by atomic mass is 10.1. The number of hydrogen-bond donors (Lipinski definition) is 1. The first-order chi connectivity index (χ1) is 11.5. The molecule has 0 aromatic heterocycles. The normalized spacial score (nSPS) is 18.9. The van der Waals surface area contributed by atoms with E-state index in [4.69, 9.17) is 4.74 Å². The summed E-state index contributed by atoms with van der Waals surface area (Å²) >= 11 is 0. The minimum Gasteiger partial charge on any atom is -0.379 e. The number of ether oxygens (including phenoxy) is 1. The Labute approximate surface area is 144 Å². The van der Waals surface area contributed by atoms with Crippen molar-refractivity contribution in [1.29, 1.82) is 0 Å². The third-order valence-electron chi connectivity index (χ3n) is 4.35. The maximum atomic E-state index is 12.3. The van der Waals surface area contributed by atoms with E-state index in [0.717, 1.165) is 12.0 Å². The maximum absolute atomic E-state index is 12.3. The van der Waals surface area contributed by atoms with Crippen molar-refractivity contribution < 1.29 is 14.3 Å². The molecule has 0 saturated carbocycles. The van der Waals surface area contributed by atoms with E-state index in [0.29, 0.717) is 26.1 Å². The standard InChI is InChI=1S/C19H28N2O3/c1-14(2)24-11-7-10-20-19(23)17-12-18(22)21(13-17)15(3)16-8-5-4-6-9-16/h4-6,8-9,14-15,17H,7,10-13H2,1-3H3,(H,20,23). The van der Waals surface area contributed by atoms with Crippen LogP contribution in [0.5, 0.6) is 0 Å². The van der Waals surface area contributed by atoms with Gasteiger partial charge in [-0.2, -0.15) is 0 Å². The number of likely N-dealkylation sites (tertiary alicyclic amines) is 1. The van der Waals surface area contributed by atoms with Crippen LogP contribution in [0.3, 0.4) is 0 Å². The monoisotopic (exact) mass is 332 g/mol. The van der Waals surface area contributed by atoms with Gasteiger partial charge < -0.3 is 15.0 Å². The highest BCUT2D eigenvalue weighted by atomic mass is 16.5. The number of carbonyl (C=O) groups excluding carboxylic acids is 2. The van der Waals surface area contributed by atoms with E-state index in [2.05, 4.69) is 5.32 Å². The first-order valence-corrected chi connectivity index (χ1v) is 8.72. The molecule has 2 atom stereocenters. The molecule has 1 fully saturated rings. The second-order valence-corrected chi connectivity index (χ2v) is 6.60. The van der Waals surface area contributed by atoms with Crippen molar-refractivity contribution in [3.63, 3.8) is 0 Å². The van der Waals surface area contributed by atoms with E-state index in [1.165, 1.54) is 0 Å². The Hall–Kier alpha value is -1.88. The molecule has 2 unspecified atom stereocenters. The first-order valence-electron chi connectivity index (χ1n) is 8.72. The number of rotatable bonds is 8. The molecule has 1 aliphatic rings. The molecule has 1 N–H and O–H groups in total. The molecule has 0 aliphatic carbocycles. The quantitative estimate of drug-likeness (QED) is 0.744. The summed E-state index contributed by atoms with van der Waals surface area (Å²) in [5, 5.41) is 2.92. The second kappa shape index (κ2) is 8.83. The molecule has 1 aliphatic heterocycles.